The smallest absolute Gasteiger partial charge is 0.151 e. The first-order valence-electron chi connectivity index (χ1n) is 7.77. The van der Waals surface area contributed by atoms with E-state index >= 15 is 0 Å². The molecule has 2 fully saturated rings. The lowest BCUT2D eigenvalue weighted by molar-refractivity contribution is 0.415. The first-order chi connectivity index (χ1) is 10.8. The summed E-state index contributed by atoms with van der Waals surface area (Å²) < 4.78 is 5.18. The number of methoxy groups -OCH3 is 1. The highest BCUT2D eigenvalue weighted by Crippen LogP contribution is 2.29. The molecule has 0 aliphatic carbocycles. The quantitative estimate of drug-likeness (QED) is 0.934. The highest BCUT2D eigenvalue weighted by Gasteiger charge is 2.36. The van der Waals surface area contributed by atoms with Crippen molar-refractivity contribution in [3.05, 3.63) is 36.4 Å². The zero-order valence-corrected chi connectivity index (χ0v) is 13.9. The van der Waals surface area contributed by atoms with Crippen LogP contribution in [0.5, 0.6) is 5.75 Å². The van der Waals surface area contributed by atoms with E-state index in [1.54, 1.807) is 7.11 Å². The monoisotopic (exact) mass is 332 g/mol. The van der Waals surface area contributed by atoms with E-state index in [-0.39, 0.29) is 12.4 Å². The van der Waals surface area contributed by atoms with Crippen molar-refractivity contribution in [1.29, 1.82) is 0 Å². The average molecular weight is 333 g/mol. The van der Waals surface area contributed by atoms with Gasteiger partial charge in [-0.1, -0.05) is 0 Å². The van der Waals surface area contributed by atoms with Gasteiger partial charge in [-0.25, -0.2) is 0 Å². The predicted molar refractivity (Wildman–Crippen MR) is 93.3 cm³/mol. The van der Waals surface area contributed by atoms with E-state index in [9.17, 15) is 0 Å². The molecule has 2 saturated heterocycles. The average Bonchev–Trinajstić information content (AvgIpc) is 3.17. The molecule has 1 aromatic carbocycles. The van der Waals surface area contributed by atoms with E-state index in [1.807, 2.05) is 24.3 Å². The Bertz CT molecular complexity index is 635. The van der Waals surface area contributed by atoms with Crippen LogP contribution in [0.3, 0.4) is 0 Å². The van der Waals surface area contributed by atoms with Crippen molar-refractivity contribution in [3.63, 3.8) is 0 Å². The highest BCUT2D eigenvalue weighted by molar-refractivity contribution is 5.85. The Kier molecular flexibility index (Phi) is 4.68. The van der Waals surface area contributed by atoms with Crippen LogP contribution >= 0.6 is 12.4 Å². The van der Waals surface area contributed by atoms with Crippen molar-refractivity contribution in [2.75, 3.05) is 38.2 Å². The van der Waals surface area contributed by atoms with E-state index in [0.29, 0.717) is 0 Å². The SMILES string of the molecule is COc1ccc(-c2ccc(N3CC4CNCC4C3)nn2)cc1.Cl. The Morgan fingerprint density at radius 3 is 2.26 bits per heavy atom. The van der Waals surface area contributed by atoms with Crippen LogP contribution in [0.4, 0.5) is 5.82 Å². The molecule has 2 aromatic rings. The van der Waals surface area contributed by atoms with Gasteiger partial charge in [0, 0.05) is 31.7 Å². The second kappa shape index (κ2) is 6.72. The second-order valence-electron chi connectivity index (χ2n) is 6.09. The maximum Gasteiger partial charge on any atom is 0.151 e. The van der Waals surface area contributed by atoms with Crippen molar-refractivity contribution in [2.24, 2.45) is 11.8 Å². The van der Waals surface area contributed by atoms with Crippen LogP contribution in [0.25, 0.3) is 11.3 Å². The summed E-state index contributed by atoms with van der Waals surface area (Å²) in [7, 11) is 1.67. The third kappa shape index (κ3) is 3.12. The molecule has 2 atom stereocenters. The lowest BCUT2D eigenvalue weighted by Crippen LogP contribution is -2.26. The molecule has 2 aliphatic rings. The zero-order chi connectivity index (χ0) is 14.9. The Morgan fingerprint density at radius 2 is 1.70 bits per heavy atom. The molecule has 0 bridgehead atoms. The normalized spacial score (nSPS) is 22.6. The molecule has 6 heteroatoms. The summed E-state index contributed by atoms with van der Waals surface area (Å²) in [5, 5.41) is 12.3. The van der Waals surface area contributed by atoms with Crippen molar-refractivity contribution < 1.29 is 4.74 Å². The van der Waals surface area contributed by atoms with Gasteiger partial charge in [0.1, 0.15) is 5.75 Å². The summed E-state index contributed by atoms with van der Waals surface area (Å²) >= 11 is 0. The fourth-order valence-corrected chi connectivity index (χ4v) is 3.45. The van der Waals surface area contributed by atoms with E-state index in [1.165, 1.54) is 0 Å². The molecule has 1 aromatic heterocycles. The van der Waals surface area contributed by atoms with E-state index in [4.69, 9.17) is 4.74 Å². The van der Waals surface area contributed by atoms with Gasteiger partial charge >= 0.3 is 0 Å². The van der Waals surface area contributed by atoms with Crippen LogP contribution in [0.15, 0.2) is 36.4 Å². The Labute approximate surface area is 142 Å². The maximum absolute atomic E-state index is 5.18. The summed E-state index contributed by atoms with van der Waals surface area (Å²) in [5.41, 5.74) is 1.95. The van der Waals surface area contributed by atoms with E-state index < -0.39 is 0 Å². The highest BCUT2D eigenvalue weighted by atomic mass is 35.5. The van der Waals surface area contributed by atoms with Crippen LogP contribution in [-0.4, -0.2) is 43.5 Å². The number of hydrogen-bond donors (Lipinski definition) is 1. The fourth-order valence-electron chi connectivity index (χ4n) is 3.45. The van der Waals surface area contributed by atoms with Gasteiger partial charge in [-0.3, -0.25) is 0 Å². The standard InChI is InChI=1S/C17H20N4O.ClH/c1-22-15-4-2-12(3-5-15)16-6-7-17(20-19-16)21-10-13-8-18-9-14(13)11-21;/h2-7,13-14,18H,8-11H2,1H3;1H. The van der Waals surface area contributed by atoms with Gasteiger partial charge in [-0.05, 0) is 48.2 Å². The third-order valence-corrected chi connectivity index (χ3v) is 4.75. The predicted octanol–water partition coefficient (Wildman–Crippen LogP) is 2.23. The van der Waals surface area contributed by atoms with Crippen LogP contribution in [0.1, 0.15) is 0 Å². The molecule has 2 aliphatic heterocycles. The molecule has 0 amide bonds. The lowest BCUT2D eigenvalue weighted by atomic mass is 10.0. The molecule has 2 unspecified atom stereocenters. The number of fused-ring (bicyclic) bond motifs is 1. The van der Waals surface area contributed by atoms with Crippen LogP contribution in [0.2, 0.25) is 0 Å². The molecule has 3 heterocycles. The van der Waals surface area contributed by atoms with Crippen molar-refractivity contribution in [2.45, 2.75) is 0 Å². The number of nitrogens with one attached hydrogen (secondary N) is 1. The molecule has 1 N–H and O–H groups in total. The number of ether oxygens (including phenoxy) is 1. The minimum absolute atomic E-state index is 0. The Morgan fingerprint density at radius 1 is 1.00 bits per heavy atom. The largest absolute Gasteiger partial charge is 0.497 e. The number of nitrogens with zero attached hydrogens (tertiary/aromatic N) is 3. The summed E-state index contributed by atoms with van der Waals surface area (Å²) in [5.74, 6) is 3.38. The van der Waals surface area contributed by atoms with Gasteiger partial charge in [0.15, 0.2) is 5.82 Å². The number of aromatic nitrogens is 2. The Hall–Kier alpha value is -1.85. The minimum atomic E-state index is 0. The van der Waals surface area contributed by atoms with Gasteiger partial charge < -0.3 is 15.0 Å². The number of hydrogen-bond acceptors (Lipinski definition) is 5. The lowest BCUT2D eigenvalue weighted by Gasteiger charge is -2.17. The summed E-state index contributed by atoms with van der Waals surface area (Å²) in [6, 6.07) is 12.0. The molecule has 4 rings (SSSR count). The second-order valence-corrected chi connectivity index (χ2v) is 6.09. The van der Waals surface area contributed by atoms with Crippen LogP contribution in [0, 0.1) is 11.8 Å². The molecule has 122 valence electrons. The van der Waals surface area contributed by atoms with Gasteiger partial charge in [-0.2, -0.15) is 0 Å². The zero-order valence-electron chi connectivity index (χ0n) is 13.1. The Balaban J connectivity index is 0.00000156. The van der Waals surface area contributed by atoms with Crippen molar-refractivity contribution in [1.82, 2.24) is 15.5 Å². The summed E-state index contributed by atoms with van der Waals surface area (Å²) in [6.45, 7) is 4.46. The van der Waals surface area contributed by atoms with Crippen molar-refractivity contribution in [3.8, 4) is 17.0 Å². The number of rotatable bonds is 3. The van der Waals surface area contributed by atoms with Gasteiger partial charge in [-0.15, -0.1) is 22.6 Å². The number of benzene rings is 1. The van der Waals surface area contributed by atoms with Gasteiger partial charge in [0.25, 0.3) is 0 Å². The van der Waals surface area contributed by atoms with Crippen molar-refractivity contribution >= 4 is 18.2 Å². The van der Waals surface area contributed by atoms with Gasteiger partial charge in [0.05, 0.1) is 12.8 Å². The molecule has 23 heavy (non-hydrogen) atoms. The first kappa shape index (κ1) is 16.0. The maximum atomic E-state index is 5.18. The molecular formula is C17H21ClN4O. The van der Waals surface area contributed by atoms with E-state index in [2.05, 4.69) is 32.5 Å². The first-order valence-corrected chi connectivity index (χ1v) is 7.77. The van der Waals surface area contributed by atoms with E-state index in [0.717, 1.165) is 60.8 Å². The topological polar surface area (TPSA) is 50.3 Å². The number of halogens is 1. The van der Waals surface area contributed by atoms with Crippen LogP contribution in [-0.2, 0) is 0 Å². The number of anilines is 1. The van der Waals surface area contributed by atoms with Gasteiger partial charge in [0.2, 0.25) is 0 Å². The fraction of sp³-hybridized carbons (Fsp3) is 0.412. The molecule has 0 spiro atoms. The molecule has 0 saturated carbocycles. The summed E-state index contributed by atoms with van der Waals surface area (Å²) in [6.07, 6.45) is 0. The van der Waals surface area contributed by atoms with Crippen LogP contribution < -0.4 is 15.0 Å². The molecular weight excluding hydrogens is 312 g/mol. The molecule has 0 radical (unpaired) electrons. The summed E-state index contributed by atoms with van der Waals surface area (Å²) in [4.78, 5) is 2.36. The minimum Gasteiger partial charge on any atom is -0.497 e. The molecule has 5 nitrogen and oxygen atoms in total. The third-order valence-electron chi connectivity index (χ3n) is 4.75.